The van der Waals surface area contributed by atoms with Crippen LogP contribution in [-0.2, 0) is 0 Å². The summed E-state index contributed by atoms with van der Waals surface area (Å²) >= 11 is 0. The molecule has 0 aliphatic carbocycles. The summed E-state index contributed by atoms with van der Waals surface area (Å²) in [4.78, 5) is 30.0. The van der Waals surface area contributed by atoms with Gasteiger partial charge in [-0.2, -0.15) is 0 Å². The Balaban J connectivity index is 1.52. The molecule has 2 aromatic carbocycles. The summed E-state index contributed by atoms with van der Waals surface area (Å²) in [6, 6.07) is 13.0. The van der Waals surface area contributed by atoms with E-state index in [-0.39, 0.29) is 11.8 Å². The topological polar surface area (TPSA) is 65.2 Å². The zero-order chi connectivity index (χ0) is 18.1. The number of aromatic amines is 1. The molecule has 5 nitrogen and oxygen atoms in total. The molecule has 4 rings (SSSR count). The fourth-order valence-corrected chi connectivity index (χ4v) is 3.42. The van der Waals surface area contributed by atoms with Gasteiger partial charge >= 0.3 is 0 Å². The van der Waals surface area contributed by atoms with Crippen molar-refractivity contribution in [2.75, 3.05) is 18.4 Å². The first-order valence-electron chi connectivity index (χ1n) is 8.90. The van der Waals surface area contributed by atoms with Crippen LogP contribution in [0.1, 0.15) is 39.1 Å². The van der Waals surface area contributed by atoms with Crippen molar-refractivity contribution in [3.05, 3.63) is 65.4 Å². The van der Waals surface area contributed by atoms with Gasteiger partial charge in [0.15, 0.2) is 0 Å². The van der Waals surface area contributed by atoms with Crippen molar-refractivity contribution in [2.45, 2.75) is 19.8 Å². The molecule has 3 aromatic rings. The van der Waals surface area contributed by atoms with Crippen LogP contribution in [0, 0.1) is 6.92 Å². The quantitative estimate of drug-likeness (QED) is 0.753. The first-order valence-corrected chi connectivity index (χ1v) is 8.90. The monoisotopic (exact) mass is 347 g/mol. The maximum absolute atomic E-state index is 12.6. The highest BCUT2D eigenvalue weighted by atomic mass is 16.2. The predicted molar refractivity (Wildman–Crippen MR) is 103 cm³/mol. The fourth-order valence-electron chi connectivity index (χ4n) is 3.42. The van der Waals surface area contributed by atoms with E-state index in [0.717, 1.165) is 48.1 Å². The molecule has 0 bridgehead atoms. The molecule has 26 heavy (non-hydrogen) atoms. The predicted octanol–water partition coefficient (Wildman–Crippen LogP) is 3.96. The summed E-state index contributed by atoms with van der Waals surface area (Å²) in [6.45, 7) is 3.57. The van der Waals surface area contributed by atoms with Crippen LogP contribution < -0.4 is 5.32 Å². The molecule has 0 saturated carbocycles. The van der Waals surface area contributed by atoms with Crippen molar-refractivity contribution < 1.29 is 9.59 Å². The lowest BCUT2D eigenvalue weighted by Gasteiger charge is -2.16. The molecule has 1 aromatic heterocycles. The first-order chi connectivity index (χ1) is 12.6. The molecule has 2 amide bonds. The van der Waals surface area contributed by atoms with Gasteiger partial charge in [0.1, 0.15) is 0 Å². The Hall–Kier alpha value is -3.08. The number of likely N-dealkylation sites (tertiary alicyclic amines) is 1. The Morgan fingerprint density at radius 2 is 1.77 bits per heavy atom. The number of hydrogen-bond donors (Lipinski definition) is 2. The zero-order valence-corrected chi connectivity index (χ0v) is 14.7. The molecule has 2 N–H and O–H groups in total. The van der Waals surface area contributed by atoms with Crippen LogP contribution in [0.3, 0.4) is 0 Å². The summed E-state index contributed by atoms with van der Waals surface area (Å²) < 4.78 is 0. The van der Waals surface area contributed by atoms with Crippen molar-refractivity contribution in [3.8, 4) is 0 Å². The molecule has 2 heterocycles. The van der Waals surface area contributed by atoms with E-state index in [1.54, 1.807) is 6.07 Å². The summed E-state index contributed by atoms with van der Waals surface area (Å²) in [6.07, 6.45) is 4.00. The van der Waals surface area contributed by atoms with Gasteiger partial charge in [0.25, 0.3) is 11.8 Å². The number of aromatic nitrogens is 1. The third kappa shape index (κ3) is 3.08. The summed E-state index contributed by atoms with van der Waals surface area (Å²) in [5, 5.41) is 4.01. The number of hydrogen-bond acceptors (Lipinski definition) is 2. The number of carbonyl (C=O) groups excluding carboxylic acids is 2. The molecule has 0 unspecified atom stereocenters. The van der Waals surface area contributed by atoms with Crippen LogP contribution in [0.15, 0.2) is 48.7 Å². The van der Waals surface area contributed by atoms with E-state index in [2.05, 4.69) is 10.3 Å². The standard InChI is InChI=1S/C21H21N3O2/c1-14-12-17(21(26)24-10-2-3-11-24)6-7-18(14)23-20(25)16-5-4-15-8-9-22-19(15)13-16/h4-9,12-13,22H,2-3,10-11H2,1H3,(H,23,25). The number of amides is 2. The van der Waals surface area contributed by atoms with Gasteiger partial charge in [0, 0.05) is 41.6 Å². The second-order valence-corrected chi connectivity index (χ2v) is 6.76. The van der Waals surface area contributed by atoms with Crippen molar-refractivity contribution in [1.82, 2.24) is 9.88 Å². The lowest BCUT2D eigenvalue weighted by atomic mass is 10.1. The van der Waals surface area contributed by atoms with Crippen molar-refractivity contribution >= 4 is 28.4 Å². The summed E-state index contributed by atoms with van der Waals surface area (Å²) in [5.41, 5.74) is 3.80. The number of H-pyrrole nitrogens is 1. The minimum Gasteiger partial charge on any atom is -0.361 e. The second kappa shape index (κ2) is 6.67. The number of fused-ring (bicyclic) bond motifs is 1. The number of aryl methyl sites for hydroxylation is 1. The maximum Gasteiger partial charge on any atom is 0.255 e. The molecule has 0 atom stereocenters. The molecule has 1 aliphatic rings. The van der Waals surface area contributed by atoms with Gasteiger partial charge in [-0.3, -0.25) is 9.59 Å². The van der Waals surface area contributed by atoms with Gasteiger partial charge in [-0.25, -0.2) is 0 Å². The van der Waals surface area contributed by atoms with Crippen molar-refractivity contribution in [2.24, 2.45) is 0 Å². The number of benzene rings is 2. The lowest BCUT2D eigenvalue weighted by molar-refractivity contribution is 0.0792. The maximum atomic E-state index is 12.6. The Labute approximate surface area is 152 Å². The molecule has 1 fully saturated rings. The van der Waals surface area contributed by atoms with Crippen LogP contribution in [0.2, 0.25) is 0 Å². The second-order valence-electron chi connectivity index (χ2n) is 6.76. The van der Waals surface area contributed by atoms with E-state index >= 15 is 0 Å². The number of carbonyl (C=O) groups is 2. The van der Waals surface area contributed by atoms with Gasteiger partial charge in [0.05, 0.1) is 0 Å². The van der Waals surface area contributed by atoms with E-state index < -0.39 is 0 Å². The number of anilines is 1. The van der Waals surface area contributed by atoms with Crippen molar-refractivity contribution in [3.63, 3.8) is 0 Å². The summed E-state index contributed by atoms with van der Waals surface area (Å²) in [7, 11) is 0. The molecule has 0 radical (unpaired) electrons. The molecular weight excluding hydrogens is 326 g/mol. The molecule has 0 spiro atoms. The van der Waals surface area contributed by atoms with Gasteiger partial charge < -0.3 is 15.2 Å². The van der Waals surface area contributed by atoms with E-state index in [1.807, 2.05) is 54.4 Å². The molecule has 132 valence electrons. The van der Waals surface area contributed by atoms with E-state index in [9.17, 15) is 9.59 Å². The van der Waals surface area contributed by atoms with E-state index in [1.165, 1.54) is 0 Å². The van der Waals surface area contributed by atoms with Gasteiger partial charge in [-0.05, 0) is 67.1 Å². The van der Waals surface area contributed by atoms with Gasteiger partial charge in [-0.1, -0.05) is 6.07 Å². The average molecular weight is 347 g/mol. The smallest absolute Gasteiger partial charge is 0.255 e. The Kier molecular flexibility index (Phi) is 4.21. The van der Waals surface area contributed by atoms with Crippen LogP contribution in [0.25, 0.3) is 10.9 Å². The molecular formula is C21H21N3O2. The molecule has 1 saturated heterocycles. The lowest BCUT2D eigenvalue weighted by Crippen LogP contribution is -2.27. The fraction of sp³-hybridized carbons (Fsp3) is 0.238. The summed E-state index contributed by atoms with van der Waals surface area (Å²) in [5.74, 6) is -0.0936. The van der Waals surface area contributed by atoms with Crippen molar-refractivity contribution in [1.29, 1.82) is 0 Å². The zero-order valence-electron chi connectivity index (χ0n) is 14.7. The number of rotatable bonds is 3. The number of nitrogens with one attached hydrogen (secondary N) is 2. The normalized spacial score (nSPS) is 14.0. The Morgan fingerprint density at radius 3 is 2.54 bits per heavy atom. The average Bonchev–Trinajstić information content (AvgIpc) is 3.33. The Morgan fingerprint density at radius 1 is 1.00 bits per heavy atom. The van der Waals surface area contributed by atoms with Crippen LogP contribution in [0.5, 0.6) is 0 Å². The van der Waals surface area contributed by atoms with Crippen LogP contribution in [0.4, 0.5) is 5.69 Å². The molecule has 1 aliphatic heterocycles. The van der Waals surface area contributed by atoms with Crippen LogP contribution in [-0.4, -0.2) is 34.8 Å². The third-order valence-electron chi connectivity index (χ3n) is 4.93. The van der Waals surface area contributed by atoms with Gasteiger partial charge in [0.2, 0.25) is 0 Å². The molecule has 5 heteroatoms. The minimum absolute atomic E-state index is 0.0701. The van der Waals surface area contributed by atoms with Gasteiger partial charge in [-0.15, -0.1) is 0 Å². The Bertz CT molecular complexity index is 984. The highest BCUT2D eigenvalue weighted by Gasteiger charge is 2.20. The highest BCUT2D eigenvalue weighted by molar-refractivity contribution is 6.06. The third-order valence-corrected chi connectivity index (χ3v) is 4.93. The van der Waals surface area contributed by atoms with E-state index in [4.69, 9.17) is 0 Å². The minimum atomic E-state index is -0.164. The largest absolute Gasteiger partial charge is 0.361 e. The highest BCUT2D eigenvalue weighted by Crippen LogP contribution is 2.21. The SMILES string of the molecule is Cc1cc(C(=O)N2CCCC2)ccc1NC(=O)c1ccc2cc[nH]c2c1. The van der Waals surface area contributed by atoms with Crippen LogP contribution >= 0.6 is 0 Å². The number of nitrogens with zero attached hydrogens (tertiary/aromatic N) is 1. The van der Waals surface area contributed by atoms with E-state index in [0.29, 0.717) is 11.1 Å². The first kappa shape index (κ1) is 16.4.